The van der Waals surface area contributed by atoms with E-state index in [1.807, 2.05) is 0 Å². The van der Waals surface area contributed by atoms with Gasteiger partial charge in [0.05, 0.1) is 0 Å². The summed E-state index contributed by atoms with van der Waals surface area (Å²) in [5, 5.41) is 2.64. The number of fused-ring (bicyclic) bond motifs is 1. The molecule has 0 fully saturated rings. The van der Waals surface area contributed by atoms with E-state index in [0.29, 0.717) is 0 Å². The molecular weight excluding hydrogens is 354 g/mol. The summed E-state index contributed by atoms with van der Waals surface area (Å²) in [7, 11) is 0. The topological polar surface area (TPSA) is 0 Å². The van der Waals surface area contributed by atoms with Crippen LogP contribution in [0.15, 0.2) is 60.7 Å². The quantitative estimate of drug-likeness (QED) is 0.462. The first kappa shape index (κ1) is 18.5. The molecule has 19 heavy (non-hydrogen) atoms. The summed E-state index contributed by atoms with van der Waals surface area (Å²) in [4.78, 5) is 0. The molecule has 0 unspecified atom stereocenters. The van der Waals surface area contributed by atoms with E-state index in [-0.39, 0.29) is 51.0 Å². The van der Waals surface area contributed by atoms with Crippen molar-refractivity contribution in [1.29, 1.82) is 0 Å². The number of hydrogen-bond donors (Lipinski definition) is 0. The second kappa shape index (κ2) is 7.95. The molecule has 3 heteroatoms. The van der Waals surface area contributed by atoms with Crippen LogP contribution in [0.2, 0.25) is 0 Å². The Morgan fingerprint density at radius 2 is 1.47 bits per heavy atom. The summed E-state index contributed by atoms with van der Waals surface area (Å²) < 4.78 is 0. The molecule has 0 spiro atoms. The largest absolute Gasteiger partial charge is 3.00 e. The molecule has 0 amide bonds. The Morgan fingerprint density at radius 1 is 0.842 bits per heavy atom. The first-order chi connectivity index (χ1) is 7.84. The molecule has 0 atom stereocenters. The van der Waals surface area contributed by atoms with Crippen molar-refractivity contribution < 1.29 is 51.0 Å². The van der Waals surface area contributed by atoms with E-state index in [9.17, 15) is 0 Å². The van der Waals surface area contributed by atoms with Crippen molar-refractivity contribution in [2.45, 2.75) is 6.92 Å². The molecule has 0 saturated carbocycles. The minimum atomic E-state index is 0. The van der Waals surface area contributed by atoms with Gasteiger partial charge in [-0.3, -0.25) is 0 Å². The van der Waals surface area contributed by atoms with Gasteiger partial charge in [-0.25, -0.2) is 0 Å². The molecule has 0 heterocycles. The van der Waals surface area contributed by atoms with Crippen molar-refractivity contribution in [2.24, 2.45) is 0 Å². The molecule has 3 aromatic carbocycles. The molecule has 1 radical (unpaired) electrons. The van der Waals surface area contributed by atoms with Crippen LogP contribution in [0.3, 0.4) is 0 Å². The van der Waals surface area contributed by atoms with Gasteiger partial charge in [0, 0.05) is 0 Å². The van der Waals surface area contributed by atoms with Gasteiger partial charge in [-0.2, -0.15) is 0 Å². The predicted molar refractivity (Wildman–Crippen MR) is 69.7 cm³/mol. The van der Waals surface area contributed by atoms with Gasteiger partial charge < -0.3 is 24.8 Å². The third-order valence-corrected chi connectivity index (χ3v) is 3.07. The summed E-state index contributed by atoms with van der Waals surface area (Å²) in [6.07, 6.45) is 0. The van der Waals surface area contributed by atoms with Crippen LogP contribution in [0.25, 0.3) is 21.9 Å². The third-order valence-electron chi connectivity index (χ3n) is 3.07. The summed E-state index contributed by atoms with van der Waals surface area (Å²) >= 11 is 0. The summed E-state index contributed by atoms with van der Waals surface area (Å²) in [6, 6.07) is 21.6. The van der Waals surface area contributed by atoms with Gasteiger partial charge >= 0.3 is 26.2 Å². The molecule has 0 nitrogen and oxygen atoms in total. The van der Waals surface area contributed by atoms with E-state index in [4.69, 9.17) is 0 Å². The van der Waals surface area contributed by atoms with Crippen molar-refractivity contribution in [1.82, 2.24) is 0 Å². The van der Waals surface area contributed by atoms with Gasteiger partial charge in [-0.1, -0.05) is 53.6 Å². The second-order valence-corrected chi connectivity index (χ2v) is 4.19. The smallest absolute Gasteiger partial charge is 1.00 e. The summed E-state index contributed by atoms with van der Waals surface area (Å²) in [6.45, 7) is 2.16. The zero-order valence-corrected chi connectivity index (χ0v) is 14.5. The van der Waals surface area contributed by atoms with Crippen LogP contribution in [0.1, 0.15) is 5.56 Å². The maximum absolute atomic E-state index is 2.26. The molecule has 0 saturated heterocycles. The predicted octanol–water partition coefficient (Wildman–Crippen LogP) is -1.46. The molecule has 95 valence electrons. The standard InChI is InChI=1S/C16H13.2ClH.Zr/c1-12-6-2-5-9-16(12)15-10-13-7-3-4-8-14(13)11-15;;;/h2-11H,1H3;2*1H;/q-1;;;+3/p-2. The van der Waals surface area contributed by atoms with E-state index in [0.717, 1.165) is 0 Å². The average molecular weight is 367 g/mol. The van der Waals surface area contributed by atoms with E-state index < -0.39 is 0 Å². The zero-order valence-electron chi connectivity index (χ0n) is 10.5. The van der Waals surface area contributed by atoms with Gasteiger partial charge in [0.25, 0.3) is 0 Å². The molecular formula is C16H13Cl2Zr. The van der Waals surface area contributed by atoms with E-state index in [2.05, 4.69) is 67.6 Å². The second-order valence-electron chi connectivity index (χ2n) is 4.19. The molecule has 0 aliphatic heterocycles. The van der Waals surface area contributed by atoms with Gasteiger partial charge in [0.2, 0.25) is 0 Å². The van der Waals surface area contributed by atoms with Gasteiger partial charge in [-0.05, 0) is 6.92 Å². The Balaban J connectivity index is 0.00000108. The number of halogens is 2. The molecule has 0 aromatic heterocycles. The fourth-order valence-electron chi connectivity index (χ4n) is 2.20. The molecule has 0 aliphatic rings. The van der Waals surface area contributed by atoms with Crippen LogP contribution in [0, 0.1) is 6.92 Å². The van der Waals surface area contributed by atoms with E-state index in [1.165, 1.54) is 27.5 Å². The molecule has 0 aliphatic carbocycles. The number of benzene rings is 2. The van der Waals surface area contributed by atoms with Crippen LogP contribution in [0.4, 0.5) is 0 Å². The van der Waals surface area contributed by atoms with Crippen molar-refractivity contribution >= 4 is 10.8 Å². The van der Waals surface area contributed by atoms with Crippen LogP contribution in [-0.2, 0) is 26.2 Å². The maximum atomic E-state index is 2.26. The van der Waals surface area contributed by atoms with E-state index in [1.54, 1.807) is 0 Å². The first-order valence-corrected chi connectivity index (χ1v) is 5.56. The maximum Gasteiger partial charge on any atom is 3.00 e. The summed E-state index contributed by atoms with van der Waals surface area (Å²) in [5.74, 6) is 0. The minimum absolute atomic E-state index is 0. The van der Waals surface area contributed by atoms with Crippen LogP contribution in [-0.4, -0.2) is 0 Å². The fourth-order valence-corrected chi connectivity index (χ4v) is 2.20. The Morgan fingerprint density at radius 3 is 2.16 bits per heavy atom. The monoisotopic (exact) mass is 365 g/mol. The molecule has 3 rings (SSSR count). The number of rotatable bonds is 1. The van der Waals surface area contributed by atoms with E-state index >= 15 is 0 Å². The van der Waals surface area contributed by atoms with Gasteiger partial charge in [0.1, 0.15) is 0 Å². The first-order valence-electron chi connectivity index (χ1n) is 5.56. The molecule has 3 aromatic rings. The Hall–Kier alpha value is -0.487. The number of aryl methyl sites for hydroxylation is 1. The van der Waals surface area contributed by atoms with Crippen molar-refractivity contribution in [2.75, 3.05) is 0 Å². The molecule has 0 bridgehead atoms. The fraction of sp³-hybridized carbons (Fsp3) is 0.0625. The number of hydrogen-bond acceptors (Lipinski definition) is 0. The van der Waals surface area contributed by atoms with Crippen LogP contribution >= 0.6 is 0 Å². The Labute approximate surface area is 145 Å². The van der Waals surface area contributed by atoms with Crippen LogP contribution < -0.4 is 24.8 Å². The summed E-state index contributed by atoms with van der Waals surface area (Å²) in [5.41, 5.74) is 3.98. The van der Waals surface area contributed by atoms with Crippen molar-refractivity contribution in [3.05, 3.63) is 66.2 Å². The average Bonchev–Trinajstić information content (AvgIpc) is 2.73. The van der Waals surface area contributed by atoms with Crippen molar-refractivity contribution in [3.63, 3.8) is 0 Å². The Kier molecular flexibility index (Phi) is 7.74. The zero-order chi connectivity index (χ0) is 11.0. The Bertz CT molecular complexity index is 611. The van der Waals surface area contributed by atoms with Crippen LogP contribution in [0.5, 0.6) is 0 Å². The SMILES string of the molecule is Cc1ccccc1-c1cc2ccccc2[cH-]1.[Cl-].[Cl-].[Zr+3]. The third kappa shape index (κ3) is 3.75. The minimum Gasteiger partial charge on any atom is -1.00 e. The normalized spacial score (nSPS) is 9.11. The van der Waals surface area contributed by atoms with Gasteiger partial charge in [0.15, 0.2) is 0 Å². The molecule has 0 N–H and O–H groups in total. The van der Waals surface area contributed by atoms with Gasteiger partial charge in [-0.15, -0.1) is 34.5 Å². The van der Waals surface area contributed by atoms with Crippen molar-refractivity contribution in [3.8, 4) is 11.1 Å².